The van der Waals surface area contributed by atoms with Gasteiger partial charge in [-0.15, -0.1) is 0 Å². The van der Waals surface area contributed by atoms with Crippen LogP contribution < -0.4 is 10.6 Å². The topological polar surface area (TPSA) is 97.4 Å². The van der Waals surface area contributed by atoms with Gasteiger partial charge in [0.05, 0.1) is 5.02 Å². The Balaban J connectivity index is 1.79. The lowest BCUT2D eigenvalue weighted by Crippen LogP contribution is -2.35. The molecule has 7 nitrogen and oxygen atoms in total. The van der Waals surface area contributed by atoms with E-state index < -0.39 is 23.9 Å². The highest BCUT2D eigenvalue weighted by molar-refractivity contribution is 6.30. The van der Waals surface area contributed by atoms with E-state index >= 15 is 0 Å². The summed E-state index contributed by atoms with van der Waals surface area (Å²) < 4.78 is 4.97. The van der Waals surface area contributed by atoms with Crippen LogP contribution >= 0.6 is 23.2 Å². The Morgan fingerprint density at radius 3 is 2.35 bits per heavy atom. The maximum atomic E-state index is 12.0. The van der Waals surface area contributed by atoms with Crippen molar-refractivity contribution in [2.45, 2.75) is 13.0 Å². The van der Waals surface area contributed by atoms with Crippen molar-refractivity contribution in [2.75, 3.05) is 11.9 Å². The molecule has 0 radical (unpaired) electrons. The normalized spacial score (nSPS) is 11.3. The van der Waals surface area contributed by atoms with Crippen LogP contribution in [-0.4, -0.2) is 35.4 Å². The number of carbonyl (C=O) groups is 3. The Bertz CT molecular complexity index is 795. The molecule has 1 aromatic carbocycles. The zero-order valence-electron chi connectivity index (χ0n) is 13.7. The second-order valence-electron chi connectivity index (χ2n) is 5.17. The number of anilines is 1. The summed E-state index contributed by atoms with van der Waals surface area (Å²) in [6.45, 7) is 1.03. The van der Waals surface area contributed by atoms with Crippen molar-refractivity contribution in [1.29, 1.82) is 0 Å². The standard InChI is InChI=1S/C17H15Cl2N3O4/c1-10(16(24)22-14-7-6-13(19)8-20-14)26-15(23)9-21-17(25)11-2-4-12(18)5-3-11/h2-8,10H,9H2,1H3,(H,21,25)(H,20,22,24)/t10-/m0/s1. The Morgan fingerprint density at radius 1 is 1.08 bits per heavy atom. The summed E-state index contributed by atoms with van der Waals surface area (Å²) in [5.41, 5.74) is 0.349. The first-order valence-corrected chi connectivity index (χ1v) is 8.26. The van der Waals surface area contributed by atoms with E-state index in [2.05, 4.69) is 15.6 Å². The first kappa shape index (κ1) is 19.7. The van der Waals surface area contributed by atoms with Gasteiger partial charge in [0.25, 0.3) is 11.8 Å². The molecule has 2 N–H and O–H groups in total. The Hall–Kier alpha value is -2.64. The maximum absolute atomic E-state index is 12.0. The average molecular weight is 396 g/mol. The van der Waals surface area contributed by atoms with E-state index in [9.17, 15) is 14.4 Å². The van der Waals surface area contributed by atoms with E-state index in [4.69, 9.17) is 27.9 Å². The number of hydrogen-bond acceptors (Lipinski definition) is 5. The van der Waals surface area contributed by atoms with Crippen molar-refractivity contribution < 1.29 is 19.1 Å². The number of aromatic nitrogens is 1. The Labute approximate surface area is 159 Å². The molecule has 0 spiro atoms. The van der Waals surface area contributed by atoms with Gasteiger partial charge in [0.2, 0.25) is 0 Å². The molecule has 0 unspecified atom stereocenters. The molecule has 0 aliphatic rings. The molecule has 2 aromatic rings. The number of hydrogen-bond donors (Lipinski definition) is 2. The average Bonchev–Trinajstić information content (AvgIpc) is 2.62. The lowest BCUT2D eigenvalue weighted by atomic mass is 10.2. The van der Waals surface area contributed by atoms with Crippen LogP contribution in [0.2, 0.25) is 10.0 Å². The highest BCUT2D eigenvalue weighted by atomic mass is 35.5. The lowest BCUT2D eigenvalue weighted by Gasteiger charge is -2.13. The van der Waals surface area contributed by atoms with Gasteiger partial charge in [-0.1, -0.05) is 23.2 Å². The summed E-state index contributed by atoms with van der Waals surface area (Å²) in [7, 11) is 0. The first-order valence-electron chi connectivity index (χ1n) is 7.51. The molecule has 1 heterocycles. The van der Waals surface area contributed by atoms with Crippen LogP contribution in [0.15, 0.2) is 42.6 Å². The molecule has 0 saturated carbocycles. The zero-order valence-corrected chi connectivity index (χ0v) is 15.2. The van der Waals surface area contributed by atoms with E-state index in [1.807, 2.05) is 0 Å². The summed E-state index contributed by atoms with van der Waals surface area (Å²) in [5.74, 6) is -1.49. The van der Waals surface area contributed by atoms with E-state index in [0.717, 1.165) is 0 Å². The third kappa shape index (κ3) is 6.02. The number of amides is 2. The maximum Gasteiger partial charge on any atom is 0.326 e. The monoisotopic (exact) mass is 395 g/mol. The number of benzene rings is 1. The minimum atomic E-state index is -1.06. The van der Waals surface area contributed by atoms with Gasteiger partial charge in [0.15, 0.2) is 6.10 Å². The number of nitrogens with zero attached hydrogens (tertiary/aromatic N) is 1. The smallest absolute Gasteiger partial charge is 0.326 e. The summed E-state index contributed by atoms with van der Waals surface area (Å²) in [5, 5.41) is 5.81. The number of esters is 1. The largest absolute Gasteiger partial charge is 0.451 e. The molecule has 0 aliphatic carbocycles. The highest BCUT2D eigenvalue weighted by Gasteiger charge is 2.19. The zero-order chi connectivity index (χ0) is 19.1. The lowest BCUT2D eigenvalue weighted by molar-refractivity contribution is -0.152. The quantitative estimate of drug-likeness (QED) is 0.732. The van der Waals surface area contributed by atoms with Gasteiger partial charge in [0.1, 0.15) is 12.4 Å². The van der Waals surface area contributed by atoms with Crippen LogP contribution in [0, 0.1) is 0 Å². The highest BCUT2D eigenvalue weighted by Crippen LogP contribution is 2.10. The van der Waals surface area contributed by atoms with Crippen molar-refractivity contribution in [3.63, 3.8) is 0 Å². The molecular weight excluding hydrogens is 381 g/mol. The predicted molar refractivity (Wildman–Crippen MR) is 97.2 cm³/mol. The minimum Gasteiger partial charge on any atom is -0.451 e. The van der Waals surface area contributed by atoms with E-state index in [1.165, 1.54) is 31.3 Å². The molecule has 1 atom stereocenters. The third-order valence-corrected chi connectivity index (χ3v) is 3.63. The number of pyridine rings is 1. The van der Waals surface area contributed by atoms with Crippen LogP contribution in [0.5, 0.6) is 0 Å². The van der Waals surface area contributed by atoms with Crippen molar-refractivity contribution in [3.05, 3.63) is 58.2 Å². The molecule has 0 saturated heterocycles. The van der Waals surface area contributed by atoms with Gasteiger partial charge in [-0.2, -0.15) is 0 Å². The van der Waals surface area contributed by atoms with Gasteiger partial charge in [-0.05, 0) is 43.3 Å². The van der Waals surface area contributed by atoms with Crippen molar-refractivity contribution in [3.8, 4) is 0 Å². The molecular formula is C17H15Cl2N3O4. The van der Waals surface area contributed by atoms with E-state index in [0.29, 0.717) is 15.6 Å². The molecule has 2 rings (SSSR count). The summed E-state index contributed by atoms with van der Waals surface area (Å²) in [4.78, 5) is 39.5. The number of ether oxygens (including phenoxy) is 1. The number of rotatable bonds is 6. The molecule has 2 amide bonds. The predicted octanol–water partition coefficient (Wildman–Crippen LogP) is 2.69. The van der Waals surface area contributed by atoms with Gasteiger partial charge in [-0.3, -0.25) is 14.4 Å². The third-order valence-electron chi connectivity index (χ3n) is 3.16. The Kier molecular flexibility index (Phi) is 6.94. The summed E-state index contributed by atoms with van der Waals surface area (Å²) >= 11 is 11.4. The number of nitrogens with one attached hydrogen (secondary N) is 2. The fourth-order valence-electron chi connectivity index (χ4n) is 1.83. The SMILES string of the molecule is C[C@H](OC(=O)CNC(=O)c1ccc(Cl)cc1)C(=O)Nc1ccc(Cl)cn1. The van der Waals surface area contributed by atoms with Crippen LogP contribution in [-0.2, 0) is 14.3 Å². The van der Waals surface area contributed by atoms with Gasteiger partial charge in [0, 0.05) is 16.8 Å². The second-order valence-corrected chi connectivity index (χ2v) is 6.05. The fourth-order valence-corrected chi connectivity index (χ4v) is 2.06. The molecule has 26 heavy (non-hydrogen) atoms. The van der Waals surface area contributed by atoms with Crippen molar-refractivity contribution >= 4 is 46.8 Å². The van der Waals surface area contributed by atoms with Crippen molar-refractivity contribution in [1.82, 2.24) is 10.3 Å². The van der Waals surface area contributed by atoms with Crippen molar-refractivity contribution in [2.24, 2.45) is 0 Å². The molecule has 0 fully saturated rings. The molecule has 9 heteroatoms. The molecule has 0 aliphatic heterocycles. The van der Waals surface area contributed by atoms with E-state index in [1.54, 1.807) is 18.2 Å². The van der Waals surface area contributed by atoms with Gasteiger partial charge < -0.3 is 15.4 Å². The van der Waals surface area contributed by atoms with Crippen LogP contribution in [0.4, 0.5) is 5.82 Å². The molecule has 136 valence electrons. The Morgan fingerprint density at radius 2 is 1.73 bits per heavy atom. The van der Waals surface area contributed by atoms with Crippen LogP contribution in [0.25, 0.3) is 0 Å². The molecule has 1 aromatic heterocycles. The van der Waals surface area contributed by atoms with E-state index in [-0.39, 0.29) is 12.4 Å². The summed E-state index contributed by atoms with van der Waals surface area (Å²) in [6.07, 6.45) is 0.313. The van der Waals surface area contributed by atoms with Crippen LogP contribution in [0.1, 0.15) is 17.3 Å². The number of carbonyl (C=O) groups excluding carboxylic acids is 3. The summed E-state index contributed by atoms with van der Waals surface area (Å²) in [6, 6.07) is 9.25. The first-order chi connectivity index (χ1) is 12.3. The molecule has 0 bridgehead atoms. The minimum absolute atomic E-state index is 0.276. The second kappa shape index (κ2) is 9.17. The number of halogens is 2. The van der Waals surface area contributed by atoms with Gasteiger partial charge in [-0.25, -0.2) is 4.98 Å². The van der Waals surface area contributed by atoms with Crippen LogP contribution in [0.3, 0.4) is 0 Å². The van der Waals surface area contributed by atoms with Gasteiger partial charge >= 0.3 is 5.97 Å². The fraction of sp³-hybridized carbons (Fsp3) is 0.176.